The minimum absolute atomic E-state index is 0.0644. The molecule has 0 saturated heterocycles. The summed E-state index contributed by atoms with van der Waals surface area (Å²) in [6.07, 6.45) is -4.39. The van der Waals surface area contributed by atoms with Crippen molar-refractivity contribution in [3.8, 4) is 6.07 Å². The van der Waals surface area contributed by atoms with Gasteiger partial charge in [0.2, 0.25) is 0 Å². The number of halogens is 3. The van der Waals surface area contributed by atoms with Gasteiger partial charge in [-0.05, 0) is 59.2 Å². The second-order valence-corrected chi connectivity index (χ2v) is 9.99. The number of thiophene rings is 1. The molecule has 11 heteroatoms. The van der Waals surface area contributed by atoms with Gasteiger partial charge in [-0.3, -0.25) is 0 Å². The molecule has 37 heavy (non-hydrogen) atoms. The summed E-state index contributed by atoms with van der Waals surface area (Å²) in [6, 6.07) is 13.3. The van der Waals surface area contributed by atoms with Crippen molar-refractivity contribution in [1.29, 1.82) is 5.26 Å². The van der Waals surface area contributed by atoms with E-state index in [4.69, 9.17) is 10.5 Å². The number of rotatable bonds is 7. The molecule has 0 aliphatic carbocycles. The van der Waals surface area contributed by atoms with Crippen LogP contribution in [0.2, 0.25) is 0 Å². The molecule has 0 saturated carbocycles. The molecular formula is C26H24F3N5O2S. The molecule has 0 spiro atoms. The second-order valence-electron chi connectivity index (χ2n) is 8.93. The van der Waals surface area contributed by atoms with Gasteiger partial charge in [0, 0.05) is 10.4 Å². The van der Waals surface area contributed by atoms with Crippen LogP contribution in [0.3, 0.4) is 0 Å². The Hall–Kier alpha value is -3.91. The van der Waals surface area contributed by atoms with Gasteiger partial charge in [-0.1, -0.05) is 38.1 Å². The Kier molecular flexibility index (Phi) is 6.97. The van der Waals surface area contributed by atoms with Gasteiger partial charge in [0.1, 0.15) is 16.6 Å². The zero-order valence-corrected chi connectivity index (χ0v) is 21.2. The average Bonchev–Trinajstić information content (AvgIpc) is 3.46. The summed E-state index contributed by atoms with van der Waals surface area (Å²) in [7, 11) is 0. The number of hydrogen-bond acceptors (Lipinski definition) is 7. The van der Waals surface area contributed by atoms with Gasteiger partial charge >= 0.3 is 12.1 Å². The average molecular weight is 528 g/mol. The highest BCUT2D eigenvalue weighted by Crippen LogP contribution is 2.44. The third-order valence-electron chi connectivity index (χ3n) is 6.14. The molecular weight excluding hydrogens is 503 g/mol. The van der Waals surface area contributed by atoms with Gasteiger partial charge < -0.3 is 10.5 Å². The molecule has 2 heterocycles. The molecule has 2 aromatic heterocycles. The first-order valence-electron chi connectivity index (χ1n) is 11.5. The molecule has 4 aromatic rings. The number of nitriles is 1. The topological polar surface area (TPSA) is 107 Å². The van der Waals surface area contributed by atoms with E-state index in [1.165, 1.54) is 47.2 Å². The van der Waals surface area contributed by atoms with Crippen molar-refractivity contribution in [2.45, 2.75) is 51.4 Å². The Morgan fingerprint density at radius 1 is 1.22 bits per heavy atom. The number of nitrogens with zero attached hydrogens (tertiary/aromatic N) is 4. The van der Waals surface area contributed by atoms with Crippen LogP contribution in [0.5, 0.6) is 0 Å². The highest BCUT2D eigenvalue weighted by atomic mass is 32.1. The van der Waals surface area contributed by atoms with E-state index in [-0.39, 0.29) is 18.0 Å². The van der Waals surface area contributed by atoms with E-state index in [2.05, 4.69) is 16.4 Å². The third kappa shape index (κ3) is 4.89. The normalized spacial score (nSPS) is 13.5. The van der Waals surface area contributed by atoms with E-state index in [9.17, 15) is 23.2 Å². The number of anilines is 1. The Bertz CT molecular complexity index is 1480. The molecule has 2 aromatic carbocycles. The molecule has 0 bridgehead atoms. The van der Waals surface area contributed by atoms with Crippen molar-refractivity contribution in [3.05, 3.63) is 75.9 Å². The number of fused-ring (bicyclic) bond motifs is 1. The predicted molar refractivity (Wildman–Crippen MR) is 134 cm³/mol. The molecule has 1 unspecified atom stereocenters. The summed E-state index contributed by atoms with van der Waals surface area (Å²) < 4.78 is 50.3. The molecule has 0 radical (unpaired) electrons. The minimum atomic E-state index is -4.94. The maximum atomic E-state index is 14.4. The summed E-state index contributed by atoms with van der Waals surface area (Å²) >= 11 is 1.38. The molecule has 0 amide bonds. The summed E-state index contributed by atoms with van der Waals surface area (Å²) in [5.74, 6) is -0.973. The molecule has 1 atom stereocenters. The van der Waals surface area contributed by atoms with E-state index in [1.807, 2.05) is 32.0 Å². The first-order valence-corrected chi connectivity index (χ1v) is 12.3. The van der Waals surface area contributed by atoms with Gasteiger partial charge in [0.05, 0.1) is 18.3 Å². The number of nitrogens with two attached hydrogens (primary N) is 1. The monoisotopic (exact) mass is 527 g/mol. The highest BCUT2D eigenvalue weighted by Gasteiger charge is 2.60. The third-order valence-corrected chi connectivity index (χ3v) is 7.21. The molecule has 7 nitrogen and oxygen atoms in total. The first-order chi connectivity index (χ1) is 17.5. The zero-order valence-electron chi connectivity index (χ0n) is 20.3. The molecule has 0 fully saturated rings. The van der Waals surface area contributed by atoms with Gasteiger partial charge in [0.25, 0.3) is 5.60 Å². The van der Waals surface area contributed by atoms with Crippen LogP contribution in [0.1, 0.15) is 65.2 Å². The zero-order chi connectivity index (χ0) is 27.0. The van der Waals surface area contributed by atoms with Crippen LogP contribution in [-0.2, 0) is 16.9 Å². The van der Waals surface area contributed by atoms with Crippen LogP contribution in [0.25, 0.3) is 10.1 Å². The van der Waals surface area contributed by atoms with Gasteiger partial charge in [-0.25, -0.2) is 9.48 Å². The minimum Gasteiger partial charge on any atom is -0.439 e. The van der Waals surface area contributed by atoms with Crippen LogP contribution in [0.15, 0.2) is 48.7 Å². The lowest BCUT2D eigenvalue weighted by Gasteiger charge is -2.32. The van der Waals surface area contributed by atoms with Crippen LogP contribution in [0.4, 0.5) is 18.9 Å². The number of aromatic nitrogens is 3. The van der Waals surface area contributed by atoms with Crippen LogP contribution in [0, 0.1) is 11.3 Å². The summed E-state index contributed by atoms with van der Waals surface area (Å²) in [6.45, 7) is 5.46. The smallest absolute Gasteiger partial charge is 0.434 e. The lowest BCUT2D eigenvalue weighted by Crippen LogP contribution is -2.46. The van der Waals surface area contributed by atoms with Crippen molar-refractivity contribution < 1.29 is 22.7 Å². The maximum absolute atomic E-state index is 14.4. The Labute approximate surface area is 215 Å². The van der Waals surface area contributed by atoms with Gasteiger partial charge in [-0.15, -0.1) is 16.4 Å². The number of ether oxygens (including phenoxy) is 1. The predicted octanol–water partition coefficient (Wildman–Crippen LogP) is 6.14. The number of carbonyl (C=O) groups is 1. The fraction of sp³-hybridized carbons (Fsp3) is 0.308. The quantitative estimate of drug-likeness (QED) is 0.228. The lowest BCUT2D eigenvalue weighted by atomic mass is 9.95. The van der Waals surface area contributed by atoms with Crippen molar-refractivity contribution in [2.75, 3.05) is 5.73 Å². The molecule has 0 aliphatic heterocycles. The Morgan fingerprint density at radius 3 is 2.51 bits per heavy atom. The molecule has 4 rings (SSSR count). The number of esters is 1. The maximum Gasteiger partial charge on any atom is 0.434 e. The first kappa shape index (κ1) is 26.2. The van der Waals surface area contributed by atoms with Crippen LogP contribution in [-0.4, -0.2) is 27.1 Å². The van der Waals surface area contributed by atoms with Crippen molar-refractivity contribution in [3.63, 3.8) is 0 Å². The number of alkyl halides is 3. The molecule has 192 valence electrons. The van der Waals surface area contributed by atoms with Crippen LogP contribution < -0.4 is 5.73 Å². The SMILES string of the molecule is CCC(OC(=O)c1ccc(N)cc1)(c1cn(Cc2ccc3c(C(C)C)c(C#N)sc3c2)nn1)C(F)(F)F. The lowest BCUT2D eigenvalue weighted by molar-refractivity contribution is -0.268. The fourth-order valence-corrected chi connectivity index (χ4v) is 5.43. The summed E-state index contributed by atoms with van der Waals surface area (Å²) in [5.41, 5.74) is 4.16. The fourth-order valence-electron chi connectivity index (χ4n) is 4.21. The Morgan fingerprint density at radius 2 is 1.92 bits per heavy atom. The van der Waals surface area contributed by atoms with Crippen LogP contribution >= 0.6 is 11.3 Å². The number of nitrogen functional groups attached to an aromatic ring is 1. The number of hydrogen-bond donors (Lipinski definition) is 1. The second kappa shape index (κ2) is 9.86. The number of benzene rings is 2. The van der Waals surface area contributed by atoms with Gasteiger partial charge in [-0.2, -0.15) is 18.4 Å². The van der Waals surface area contributed by atoms with Crippen molar-refractivity contribution in [1.82, 2.24) is 15.0 Å². The highest BCUT2D eigenvalue weighted by molar-refractivity contribution is 7.19. The van der Waals surface area contributed by atoms with E-state index in [1.54, 1.807) is 0 Å². The van der Waals surface area contributed by atoms with E-state index in [0.717, 1.165) is 27.4 Å². The number of carbonyl (C=O) groups excluding carboxylic acids is 1. The summed E-state index contributed by atoms with van der Waals surface area (Å²) in [4.78, 5) is 13.3. The molecule has 2 N–H and O–H groups in total. The van der Waals surface area contributed by atoms with E-state index < -0.39 is 29.9 Å². The standard InChI is InChI=1S/C26H24F3N5O2S/c1-4-25(26(27,28)29,36-24(35)17-6-8-18(31)9-7-17)22-14-34(33-32-22)13-16-5-10-19-20(11-16)37-21(12-30)23(19)15(2)3/h5-11,14-15H,4,13,31H2,1-3H3. The Balaban J connectivity index is 1.65. The van der Waals surface area contributed by atoms with Crippen molar-refractivity contribution in [2.24, 2.45) is 0 Å². The largest absolute Gasteiger partial charge is 0.439 e. The molecule has 0 aliphatic rings. The van der Waals surface area contributed by atoms with E-state index in [0.29, 0.717) is 10.6 Å². The van der Waals surface area contributed by atoms with Gasteiger partial charge in [0.15, 0.2) is 0 Å². The van der Waals surface area contributed by atoms with Crippen molar-refractivity contribution >= 4 is 33.1 Å². The van der Waals surface area contributed by atoms with E-state index >= 15 is 0 Å². The summed E-state index contributed by atoms with van der Waals surface area (Å²) in [5, 5.41) is 18.1.